The summed E-state index contributed by atoms with van der Waals surface area (Å²) in [6, 6.07) is 0. The van der Waals surface area contributed by atoms with E-state index in [2.05, 4.69) is 34.6 Å². The average molecular weight is 184 g/mol. The predicted molar refractivity (Wildman–Crippen MR) is 56.7 cm³/mol. The molecule has 0 aromatic rings. The molecule has 0 aromatic heterocycles. The van der Waals surface area contributed by atoms with Crippen LogP contribution in [0.4, 0.5) is 0 Å². The molecule has 0 bridgehead atoms. The molecule has 78 valence electrons. The zero-order valence-corrected chi connectivity index (χ0v) is 9.71. The Morgan fingerprint density at radius 2 is 1.46 bits per heavy atom. The van der Waals surface area contributed by atoms with Crippen LogP contribution in [-0.2, 0) is 4.74 Å². The fourth-order valence-corrected chi connectivity index (χ4v) is 2.18. The van der Waals surface area contributed by atoms with Crippen LogP contribution in [0.2, 0.25) is 0 Å². The summed E-state index contributed by atoms with van der Waals surface area (Å²) in [7, 11) is 0. The van der Waals surface area contributed by atoms with Gasteiger partial charge in [0.15, 0.2) is 0 Å². The molecule has 13 heavy (non-hydrogen) atoms. The maximum atomic E-state index is 5.78. The summed E-state index contributed by atoms with van der Waals surface area (Å²) in [5, 5.41) is 0. The van der Waals surface area contributed by atoms with Crippen molar-refractivity contribution >= 4 is 0 Å². The minimum absolute atomic E-state index is 0.382. The minimum atomic E-state index is 0.382. The smallest absolute Gasteiger partial charge is 0.0578 e. The molecule has 1 nitrogen and oxygen atoms in total. The number of hydrogen-bond acceptors (Lipinski definition) is 1. The molecule has 0 unspecified atom stereocenters. The second-order valence-electron chi connectivity index (χ2n) is 5.13. The topological polar surface area (TPSA) is 9.23 Å². The Bertz CT molecular complexity index is 145. The molecule has 0 saturated heterocycles. The molecule has 1 aliphatic rings. The van der Waals surface area contributed by atoms with E-state index >= 15 is 0 Å². The van der Waals surface area contributed by atoms with Crippen molar-refractivity contribution < 1.29 is 4.74 Å². The Kier molecular flexibility index (Phi) is 3.78. The Morgan fingerprint density at radius 1 is 0.923 bits per heavy atom. The van der Waals surface area contributed by atoms with E-state index in [-0.39, 0.29) is 0 Å². The van der Waals surface area contributed by atoms with Crippen LogP contribution in [0.15, 0.2) is 0 Å². The molecule has 0 radical (unpaired) electrons. The van der Waals surface area contributed by atoms with Crippen molar-refractivity contribution in [2.24, 2.45) is 17.8 Å². The standard InChI is InChI=1S/C12H24O/c1-8(2)11-6-12(7-11)10(5)13-9(3)4/h8-12H,6-7H2,1-5H3/t10-,11?,12?/m0/s1. The summed E-state index contributed by atoms with van der Waals surface area (Å²) in [5.41, 5.74) is 0. The van der Waals surface area contributed by atoms with Gasteiger partial charge in [0.1, 0.15) is 0 Å². The van der Waals surface area contributed by atoms with Crippen molar-refractivity contribution in [3.63, 3.8) is 0 Å². The average Bonchev–Trinajstić information content (AvgIpc) is 1.79. The molecule has 0 N–H and O–H groups in total. The third-order valence-electron chi connectivity index (χ3n) is 3.30. The third kappa shape index (κ3) is 2.98. The van der Waals surface area contributed by atoms with Gasteiger partial charge in [-0.25, -0.2) is 0 Å². The summed E-state index contributed by atoms with van der Waals surface area (Å²) < 4.78 is 5.78. The van der Waals surface area contributed by atoms with Gasteiger partial charge >= 0.3 is 0 Å². The molecule has 1 fully saturated rings. The Balaban J connectivity index is 2.19. The summed E-state index contributed by atoms with van der Waals surface area (Å²) in [5.74, 6) is 2.65. The van der Waals surface area contributed by atoms with Gasteiger partial charge in [-0.15, -0.1) is 0 Å². The normalized spacial score (nSPS) is 30.7. The number of hydrogen-bond donors (Lipinski definition) is 0. The minimum Gasteiger partial charge on any atom is -0.376 e. The van der Waals surface area contributed by atoms with Gasteiger partial charge in [-0.2, -0.15) is 0 Å². The molecule has 1 heteroatoms. The fraction of sp³-hybridized carbons (Fsp3) is 1.00. The lowest BCUT2D eigenvalue weighted by molar-refractivity contribution is -0.0581. The quantitative estimate of drug-likeness (QED) is 0.650. The highest BCUT2D eigenvalue weighted by Gasteiger charge is 2.35. The first-order valence-corrected chi connectivity index (χ1v) is 5.66. The van der Waals surface area contributed by atoms with Gasteiger partial charge in [0.2, 0.25) is 0 Å². The van der Waals surface area contributed by atoms with Gasteiger partial charge in [0.05, 0.1) is 12.2 Å². The molecular formula is C12H24O. The second kappa shape index (κ2) is 4.45. The van der Waals surface area contributed by atoms with Crippen molar-refractivity contribution in [3.8, 4) is 0 Å². The van der Waals surface area contributed by atoms with Crippen molar-refractivity contribution in [3.05, 3.63) is 0 Å². The van der Waals surface area contributed by atoms with E-state index in [4.69, 9.17) is 4.74 Å². The van der Waals surface area contributed by atoms with Crippen LogP contribution in [0.1, 0.15) is 47.5 Å². The van der Waals surface area contributed by atoms with Crippen LogP contribution < -0.4 is 0 Å². The number of rotatable bonds is 4. The molecule has 1 aliphatic carbocycles. The van der Waals surface area contributed by atoms with Crippen LogP contribution in [0.3, 0.4) is 0 Å². The Morgan fingerprint density at radius 3 is 1.85 bits per heavy atom. The van der Waals surface area contributed by atoms with Gasteiger partial charge in [0.25, 0.3) is 0 Å². The van der Waals surface area contributed by atoms with Crippen LogP contribution in [0.25, 0.3) is 0 Å². The van der Waals surface area contributed by atoms with Gasteiger partial charge in [-0.05, 0) is 51.4 Å². The fourth-order valence-electron chi connectivity index (χ4n) is 2.18. The largest absolute Gasteiger partial charge is 0.376 e. The lowest BCUT2D eigenvalue weighted by atomic mass is 9.67. The summed E-state index contributed by atoms with van der Waals surface area (Å²) >= 11 is 0. The SMILES string of the molecule is CC(C)O[C@@H](C)C1CC(C(C)C)C1. The first-order chi connectivity index (χ1) is 6.00. The highest BCUT2D eigenvalue weighted by atomic mass is 16.5. The molecule has 1 atom stereocenters. The van der Waals surface area contributed by atoms with Crippen molar-refractivity contribution in [1.82, 2.24) is 0 Å². The summed E-state index contributed by atoms with van der Waals surface area (Å²) in [6.45, 7) is 11.1. The summed E-state index contributed by atoms with van der Waals surface area (Å²) in [6.07, 6.45) is 3.61. The van der Waals surface area contributed by atoms with E-state index in [1.807, 2.05) is 0 Å². The van der Waals surface area contributed by atoms with Gasteiger partial charge in [-0.1, -0.05) is 13.8 Å². The molecule has 1 rings (SSSR count). The van der Waals surface area contributed by atoms with Crippen molar-refractivity contribution in [2.45, 2.75) is 59.7 Å². The molecule has 0 amide bonds. The van der Waals surface area contributed by atoms with Gasteiger partial charge in [0, 0.05) is 0 Å². The van der Waals surface area contributed by atoms with Crippen LogP contribution in [-0.4, -0.2) is 12.2 Å². The van der Waals surface area contributed by atoms with E-state index in [1.165, 1.54) is 12.8 Å². The highest BCUT2D eigenvalue weighted by Crippen LogP contribution is 2.41. The van der Waals surface area contributed by atoms with Crippen LogP contribution in [0.5, 0.6) is 0 Å². The zero-order valence-electron chi connectivity index (χ0n) is 9.71. The maximum absolute atomic E-state index is 5.78. The highest BCUT2D eigenvalue weighted by molar-refractivity contribution is 4.85. The predicted octanol–water partition coefficient (Wildman–Crippen LogP) is 3.48. The second-order valence-corrected chi connectivity index (χ2v) is 5.13. The zero-order chi connectivity index (χ0) is 10.0. The third-order valence-corrected chi connectivity index (χ3v) is 3.30. The van der Waals surface area contributed by atoms with Crippen molar-refractivity contribution in [2.75, 3.05) is 0 Å². The van der Waals surface area contributed by atoms with E-state index in [0.29, 0.717) is 12.2 Å². The van der Waals surface area contributed by atoms with E-state index in [0.717, 1.165) is 17.8 Å². The Labute approximate surface area is 82.9 Å². The number of ether oxygens (including phenoxy) is 1. The van der Waals surface area contributed by atoms with Crippen molar-refractivity contribution in [1.29, 1.82) is 0 Å². The molecular weight excluding hydrogens is 160 g/mol. The van der Waals surface area contributed by atoms with Gasteiger partial charge in [-0.3, -0.25) is 0 Å². The summed E-state index contributed by atoms with van der Waals surface area (Å²) in [4.78, 5) is 0. The Hall–Kier alpha value is -0.0400. The van der Waals surface area contributed by atoms with E-state index < -0.39 is 0 Å². The molecule has 0 aromatic carbocycles. The monoisotopic (exact) mass is 184 g/mol. The van der Waals surface area contributed by atoms with E-state index in [1.54, 1.807) is 0 Å². The van der Waals surface area contributed by atoms with Gasteiger partial charge < -0.3 is 4.74 Å². The molecule has 1 saturated carbocycles. The first-order valence-electron chi connectivity index (χ1n) is 5.66. The molecule has 0 aliphatic heterocycles. The van der Waals surface area contributed by atoms with Crippen LogP contribution >= 0.6 is 0 Å². The maximum Gasteiger partial charge on any atom is 0.0578 e. The van der Waals surface area contributed by atoms with Crippen LogP contribution in [0, 0.1) is 17.8 Å². The lowest BCUT2D eigenvalue weighted by Crippen LogP contribution is -2.37. The first kappa shape index (κ1) is 11.0. The molecule has 0 heterocycles. The molecule has 0 spiro atoms. The van der Waals surface area contributed by atoms with E-state index in [9.17, 15) is 0 Å². The lowest BCUT2D eigenvalue weighted by Gasteiger charge is -2.41.